The zero-order valence-electron chi connectivity index (χ0n) is 8.82. The molecule has 2 unspecified atom stereocenters. The molecule has 0 amide bonds. The van der Waals surface area contributed by atoms with Gasteiger partial charge in [-0.15, -0.1) is 0 Å². The average molecular weight is 181 g/mol. The molecule has 0 aromatic carbocycles. The van der Waals surface area contributed by atoms with Crippen molar-refractivity contribution in [3.63, 3.8) is 0 Å². The molecule has 1 aliphatic rings. The Balaban J connectivity index is 2.37. The topological polar surface area (TPSA) is 30.3 Å². The summed E-state index contributed by atoms with van der Waals surface area (Å²) in [5.74, 6) is 0.730. The van der Waals surface area contributed by atoms with Crippen molar-refractivity contribution < 1.29 is 0 Å². The molecular weight excluding hydrogens is 162 g/mol. The Hall–Kier alpha value is -0.590. The van der Waals surface area contributed by atoms with Crippen LogP contribution in [0, 0.1) is 17.2 Å². The maximum absolute atomic E-state index is 8.48. The molecule has 0 N–H and O–H groups in total. The maximum Gasteiger partial charge on any atom is 0.0635 e. The molecule has 1 saturated heterocycles. The summed E-state index contributed by atoms with van der Waals surface area (Å²) in [6.45, 7) is 5.49. The summed E-state index contributed by atoms with van der Waals surface area (Å²) in [6.07, 6.45) is 0.660. The highest BCUT2D eigenvalue weighted by atomic mass is 15.2. The van der Waals surface area contributed by atoms with Crippen LogP contribution >= 0.6 is 0 Å². The highest BCUT2D eigenvalue weighted by Gasteiger charge is 2.30. The van der Waals surface area contributed by atoms with E-state index in [1.165, 1.54) is 0 Å². The second-order valence-corrected chi connectivity index (χ2v) is 4.18. The molecular formula is C10H19N3. The third-order valence-electron chi connectivity index (χ3n) is 2.85. The second-order valence-electron chi connectivity index (χ2n) is 4.18. The van der Waals surface area contributed by atoms with Gasteiger partial charge in [-0.1, -0.05) is 6.92 Å². The van der Waals surface area contributed by atoms with Crippen molar-refractivity contribution >= 4 is 0 Å². The van der Waals surface area contributed by atoms with E-state index in [1.807, 2.05) is 0 Å². The van der Waals surface area contributed by atoms with Gasteiger partial charge < -0.3 is 9.80 Å². The number of rotatable bonds is 3. The minimum absolute atomic E-state index is 0.660. The first-order valence-electron chi connectivity index (χ1n) is 4.91. The lowest BCUT2D eigenvalue weighted by atomic mass is 10.1. The fraction of sp³-hybridized carbons (Fsp3) is 0.900. The van der Waals surface area contributed by atoms with Gasteiger partial charge in [0.15, 0.2) is 0 Å². The van der Waals surface area contributed by atoms with Crippen LogP contribution < -0.4 is 0 Å². The van der Waals surface area contributed by atoms with Gasteiger partial charge in [0.25, 0.3) is 0 Å². The largest absolute Gasteiger partial charge is 0.305 e. The molecule has 0 saturated carbocycles. The van der Waals surface area contributed by atoms with Crippen LogP contribution in [0.25, 0.3) is 0 Å². The lowest BCUT2D eigenvalue weighted by Crippen LogP contribution is -2.34. The van der Waals surface area contributed by atoms with E-state index in [-0.39, 0.29) is 0 Å². The van der Waals surface area contributed by atoms with Gasteiger partial charge in [0, 0.05) is 32.1 Å². The summed E-state index contributed by atoms with van der Waals surface area (Å²) in [7, 11) is 4.27. The minimum atomic E-state index is 0.660. The van der Waals surface area contributed by atoms with Gasteiger partial charge in [0.2, 0.25) is 0 Å². The van der Waals surface area contributed by atoms with Gasteiger partial charge in [-0.25, -0.2) is 0 Å². The smallest absolute Gasteiger partial charge is 0.0635 e. The molecule has 0 bridgehead atoms. The summed E-state index contributed by atoms with van der Waals surface area (Å²) >= 11 is 0. The molecule has 1 fully saturated rings. The van der Waals surface area contributed by atoms with Crippen molar-refractivity contribution in [3.8, 4) is 6.07 Å². The van der Waals surface area contributed by atoms with Gasteiger partial charge >= 0.3 is 0 Å². The number of hydrogen-bond donors (Lipinski definition) is 0. The fourth-order valence-corrected chi connectivity index (χ4v) is 2.11. The molecule has 0 aromatic heterocycles. The van der Waals surface area contributed by atoms with Gasteiger partial charge in [0.1, 0.15) is 0 Å². The van der Waals surface area contributed by atoms with Crippen molar-refractivity contribution in [1.82, 2.24) is 9.80 Å². The molecule has 1 aliphatic heterocycles. The normalized spacial score (nSPS) is 29.5. The number of nitriles is 1. The Labute approximate surface area is 80.9 Å². The monoisotopic (exact) mass is 181 g/mol. The van der Waals surface area contributed by atoms with E-state index in [0.29, 0.717) is 12.5 Å². The Bertz CT molecular complexity index is 195. The van der Waals surface area contributed by atoms with Crippen LogP contribution in [0.15, 0.2) is 0 Å². The Morgan fingerprint density at radius 3 is 2.62 bits per heavy atom. The zero-order chi connectivity index (χ0) is 9.84. The molecule has 2 atom stereocenters. The number of likely N-dealkylation sites (N-methyl/N-ethyl adjacent to an activating group) is 1. The SMILES string of the molecule is CC1CN(CCC#N)CC1N(C)C. The predicted octanol–water partition coefficient (Wildman–Crippen LogP) is 0.782. The van der Waals surface area contributed by atoms with Gasteiger partial charge in [-0.2, -0.15) is 5.26 Å². The average Bonchev–Trinajstić information content (AvgIpc) is 2.43. The Morgan fingerprint density at radius 2 is 2.15 bits per heavy atom. The lowest BCUT2D eigenvalue weighted by Gasteiger charge is -2.22. The van der Waals surface area contributed by atoms with E-state index in [0.717, 1.165) is 25.6 Å². The van der Waals surface area contributed by atoms with Gasteiger partial charge in [-0.05, 0) is 20.0 Å². The van der Waals surface area contributed by atoms with Crippen molar-refractivity contribution in [3.05, 3.63) is 0 Å². The first kappa shape index (κ1) is 10.5. The van der Waals surface area contributed by atoms with E-state index < -0.39 is 0 Å². The van der Waals surface area contributed by atoms with Crippen LogP contribution in [0.5, 0.6) is 0 Å². The van der Waals surface area contributed by atoms with E-state index >= 15 is 0 Å². The first-order valence-corrected chi connectivity index (χ1v) is 4.91. The fourth-order valence-electron chi connectivity index (χ4n) is 2.11. The van der Waals surface area contributed by atoms with Gasteiger partial charge in [0.05, 0.1) is 6.07 Å². The van der Waals surface area contributed by atoms with Crippen LogP contribution in [0.2, 0.25) is 0 Å². The third-order valence-corrected chi connectivity index (χ3v) is 2.85. The molecule has 3 nitrogen and oxygen atoms in total. The highest BCUT2D eigenvalue weighted by molar-refractivity contribution is 4.87. The Morgan fingerprint density at radius 1 is 1.46 bits per heavy atom. The summed E-state index contributed by atoms with van der Waals surface area (Å²) in [6, 6.07) is 2.86. The van der Waals surface area contributed by atoms with Crippen LogP contribution in [0.3, 0.4) is 0 Å². The lowest BCUT2D eigenvalue weighted by molar-refractivity contribution is 0.253. The maximum atomic E-state index is 8.48. The predicted molar refractivity (Wildman–Crippen MR) is 53.3 cm³/mol. The van der Waals surface area contributed by atoms with E-state index in [2.05, 4.69) is 36.9 Å². The molecule has 0 aliphatic carbocycles. The second kappa shape index (κ2) is 4.59. The molecule has 0 spiro atoms. The summed E-state index contributed by atoms with van der Waals surface area (Å²) in [5.41, 5.74) is 0. The molecule has 3 heteroatoms. The highest BCUT2D eigenvalue weighted by Crippen LogP contribution is 2.19. The molecule has 1 heterocycles. The van der Waals surface area contributed by atoms with Crippen LogP contribution in [0.4, 0.5) is 0 Å². The third kappa shape index (κ3) is 2.68. The Kier molecular flexibility index (Phi) is 3.71. The minimum Gasteiger partial charge on any atom is -0.305 e. The van der Waals surface area contributed by atoms with E-state index in [4.69, 9.17) is 5.26 Å². The summed E-state index contributed by atoms with van der Waals surface area (Å²) < 4.78 is 0. The molecule has 1 rings (SSSR count). The number of likely N-dealkylation sites (tertiary alicyclic amines) is 1. The van der Waals surface area contributed by atoms with Crippen molar-refractivity contribution in [2.45, 2.75) is 19.4 Å². The van der Waals surface area contributed by atoms with E-state index in [1.54, 1.807) is 0 Å². The first-order chi connectivity index (χ1) is 6.15. The zero-order valence-corrected chi connectivity index (χ0v) is 8.82. The summed E-state index contributed by atoms with van der Waals surface area (Å²) in [4.78, 5) is 4.68. The standard InChI is InChI=1S/C10H19N3/c1-9-7-13(6-4-5-11)8-10(9)12(2)3/h9-10H,4,6-8H2,1-3H3. The molecule has 0 radical (unpaired) electrons. The van der Waals surface area contributed by atoms with Crippen LogP contribution in [0.1, 0.15) is 13.3 Å². The van der Waals surface area contributed by atoms with Crippen LogP contribution in [-0.4, -0.2) is 49.6 Å². The van der Waals surface area contributed by atoms with Gasteiger partial charge in [-0.3, -0.25) is 0 Å². The molecule has 0 aromatic rings. The number of hydrogen-bond acceptors (Lipinski definition) is 3. The molecule has 74 valence electrons. The van der Waals surface area contributed by atoms with Crippen molar-refractivity contribution in [2.75, 3.05) is 33.7 Å². The summed E-state index contributed by atoms with van der Waals surface area (Å²) in [5, 5.41) is 8.48. The molecule has 13 heavy (non-hydrogen) atoms. The quantitative estimate of drug-likeness (QED) is 0.644. The van der Waals surface area contributed by atoms with E-state index in [9.17, 15) is 0 Å². The number of nitrogens with zero attached hydrogens (tertiary/aromatic N) is 3. The van der Waals surface area contributed by atoms with Crippen molar-refractivity contribution in [2.24, 2.45) is 5.92 Å². The van der Waals surface area contributed by atoms with Crippen LogP contribution in [-0.2, 0) is 0 Å². The van der Waals surface area contributed by atoms with Crippen molar-refractivity contribution in [1.29, 1.82) is 5.26 Å².